The first-order valence-corrected chi connectivity index (χ1v) is 7.93. The summed E-state index contributed by atoms with van der Waals surface area (Å²) in [7, 11) is 1.57. The van der Waals surface area contributed by atoms with E-state index in [0.29, 0.717) is 16.2 Å². The molecule has 1 atom stereocenters. The van der Waals surface area contributed by atoms with Gasteiger partial charge in [0.2, 0.25) is 0 Å². The van der Waals surface area contributed by atoms with Crippen LogP contribution < -0.4 is 4.74 Å². The third-order valence-electron chi connectivity index (χ3n) is 2.98. The number of halogens is 2. The first kappa shape index (κ1) is 15.4. The van der Waals surface area contributed by atoms with Gasteiger partial charge in [-0.25, -0.2) is 4.39 Å². The number of aliphatic hydroxyl groups is 1. The van der Waals surface area contributed by atoms with Gasteiger partial charge in [0, 0.05) is 14.9 Å². The Labute approximate surface area is 130 Å². The molecule has 5 heteroatoms. The van der Waals surface area contributed by atoms with Crippen LogP contribution in [0.4, 0.5) is 4.39 Å². The minimum absolute atomic E-state index is 0.258. The topological polar surface area (TPSA) is 29.5 Å². The Morgan fingerprint density at radius 2 is 1.90 bits per heavy atom. The molecule has 2 aromatic rings. The molecule has 0 heterocycles. The molecule has 2 rings (SSSR count). The van der Waals surface area contributed by atoms with Crippen LogP contribution in [0.25, 0.3) is 0 Å². The van der Waals surface area contributed by atoms with E-state index >= 15 is 0 Å². The zero-order valence-electron chi connectivity index (χ0n) is 11.1. The SMILES string of the molecule is COc1ccc(C(O)c2cc(Br)cc(SC)c2F)cc1. The Hall–Kier alpha value is -1.04. The van der Waals surface area contributed by atoms with E-state index in [9.17, 15) is 9.50 Å². The average Bonchev–Trinajstić information content (AvgIpc) is 2.48. The number of ether oxygens (including phenoxy) is 1. The molecule has 0 aliphatic rings. The van der Waals surface area contributed by atoms with Crippen LogP contribution in [0.15, 0.2) is 45.8 Å². The summed E-state index contributed by atoms with van der Waals surface area (Å²) in [5, 5.41) is 10.4. The maximum Gasteiger partial charge on any atom is 0.142 e. The summed E-state index contributed by atoms with van der Waals surface area (Å²) in [6, 6.07) is 10.2. The second-order valence-electron chi connectivity index (χ2n) is 4.19. The van der Waals surface area contributed by atoms with Gasteiger partial charge in [-0.15, -0.1) is 11.8 Å². The number of thioether (sulfide) groups is 1. The number of hydrogen-bond donors (Lipinski definition) is 1. The summed E-state index contributed by atoms with van der Waals surface area (Å²) in [5.41, 5.74) is 0.878. The Morgan fingerprint density at radius 1 is 1.25 bits per heavy atom. The predicted molar refractivity (Wildman–Crippen MR) is 82.9 cm³/mol. The normalized spacial score (nSPS) is 12.2. The highest BCUT2D eigenvalue weighted by Crippen LogP contribution is 2.33. The van der Waals surface area contributed by atoms with Gasteiger partial charge >= 0.3 is 0 Å². The highest BCUT2D eigenvalue weighted by Gasteiger charge is 2.18. The summed E-state index contributed by atoms with van der Waals surface area (Å²) in [4.78, 5) is 0.502. The van der Waals surface area contributed by atoms with Crippen molar-refractivity contribution in [2.24, 2.45) is 0 Å². The summed E-state index contributed by atoms with van der Waals surface area (Å²) in [6.45, 7) is 0. The minimum atomic E-state index is -1.01. The molecule has 1 N–H and O–H groups in total. The number of benzene rings is 2. The summed E-state index contributed by atoms with van der Waals surface area (Å²) < 4.78 is 20.1. The van der Waals surface area contributed by atoms with Crippen molar-refractivity contribution in [3.8, 4) is 5.75 Å². The molecule has 2 aromatic carbocycles. The fraction of sp³-hybridized carbons (Fsp3) is 0.200. The number of hydrogen-bond acceptors (Lipinski definition) is 3. The largest absolute Gasteiger partial charge is 0.497 e. The van der Waals surface area contributed by atoms with Crippen LogP contribution in [0.3, 0.4) is 0 Å². The van der Waals surface area contributed by atoms with Crippen LogP contribution >= 0.6 is 27.7 Å². The average molecular weight is 357 g/mol. The lowest BCUT2D eigenvalue weighted by Gasteiger charge is -2.15. The quantitative estimate of drug-likeness (QED) is 0.823. The molecule has 0 aromatic heterocycles. The zero-order valence-corrected chi connectivity index (χ0v) is 13.5. The standard InChI is InChI=1S/C15H14BrFO2S/c1-19-11-5-3-9(4-6-11)15(18)12-7-10(16)8-13(20-2)14(12)17/h3-8,15,18H,1-2H3. The molecule has 0 spiro atoms. The van der Waals surface area contributed by atoms with Crippen molar-refractivity contribution < 1.29 is 14.2 Å². The minimum Gasteiger partial charge on any atom is -0.497 e. The van der Waals surface area contributed by atoms with Crippen LogP contribution in [0.5, 0.6) is 5.75 Å². The molecule has 1 unspecified atom stereocenters. The molecule has 106 valence electrons. The zero-order chi connectivity index (χ0) is 14.7. The van der Waals surface area contributed by atoms with Crippen LogP contribution in [-0.2, 0) is 0 Å². The molecule has 0 aliphatic heterocycles. The number of rotatable bonds is 4. The van der Waals surface area contributed by atoms with Gasteiger partial charge in [-0.2, -0.15) is 0 Å². The number of methoxy groups -OCH3 is 1. The summed E-state index contributed by atoms with van der Waals surface area (Å²) in [6.07, 6.45) is 0.790. The van der Waals surface area contributed by atoms with Gasteiger partial charge in [0.25, 0.3) is 0 Å². The number of aliphatic hydroxyl groups excluding tert-OH is 1. The third-order valence-corrected chi connectivity index (χ3v) is 4.17. The van der Waals surface area contributed by atoms with Gasteiger partial charge in [0.05, 0.1) is 7.11 Å². The van der Waals surface area contributed by atoms with Crippen molar-refractivity contribution in [3.05, 3.63) is 57.8 Å². The van der Waals surface area contributed by atoms with Crippen LogP contribution in [0, 0.1) is 5.82 Å². The van der Waals surface area contributed by atoms with E-state index in [1.807, 2.05) is 0 Å². The van der Waals surface area contributed by atoms with E-state index in [1.165, 1.54) is 11.8 Å². The van der Waals surface area contributed by atoms with Crippen LogP contribution in [0.1, 0.15) is 17.2 Å². The Balaban J connectivity index is 2.41. The molecule has 0 saturated heterocycles. The highest BCUT2D eigenvalue weighted by molar-refractivity contribution is 9.10. The fourth-order valence-corrected chi connectivity index (χ4v) is 3.07. The summed E-state index contributed by atoms with van der Waals surface area (Å²) in [5.74, 6) is 0.310. The Kier molecular flexibility index (Phi) is 5.07. The molecule has 20 heavy (non-hydrogen) atoms. The van der Waals surface area contributed by atoms with Gasteiger partial charge in [0.15, 0.2) is 0 Å². The van der Waals surface area contributed by atoms with Crippen molar-refractivity contribution in [1.29, 1.82) is 0 Å². The lowest BCUT2D eigenvalue weighted by atomic mass is 10.0. The monoisotopic (exact) mass is 356 g/mol. The van der Waals surface area contributed by atoms with E-state index in [2.05, 4.69) is 15.9 Å². The van der Waals surface area contributed by atoms with Crippen molar-refractivity contribution in [3.63, 3.8) is 0 Å². The molecular weight excluding hydrogens is 343 g/mol. The second-order valence-corrected chi connectivity index (χ2v) is 5.95. The van der Waals surface area contributed by atoms with E-state index in [0.717, 1.165) is 4.47 Å². The molecule has 0 saturated carbocycles. The third kappa shape index (κ3) is 3.16. The second kappa shape index (κ2) is 6.61. The van der Waals surface area contributed by atoms with Gasteiger partial charge < -0.3 is 9.84 Å². The first-order chi connectivity index (χ1) is 9.56. The van der Waals surface area contributed by atoms with E-state index in [1.54, 1.807) is 49.8 Å². The van der Waals surface area contributed by atoms with E-state index in [-0.39, 0.29) is 11.4 Å². The molecular formula is C15H14BrFO2S. The molecule has 0 bridgehead atoms. The smallest absolute Gasteiger partial charge is 0.142 e. The molecule has 0 amide bonds. The van der Waals surface area contributed by atoms with Crippen molar-refractivity contribution in [2.75, 3.05) is 13.4 Å². The van der Waals surface area contributed by atoms with E-state index in [4.69, 9.17) is 4.74 Å². The maximum absolute atomic E-state index is 14.3. The van der Waals surface area contributed by atoms with Crippen molar-refractivity contribution in [1.82, 2.24) is 0 Å². The predicted octanol–water partition coefficient (Wildman–Crippen LogP) is 4.40. The Bertz CT molecular complexity index is 602. The van der Waals surface area contributed by atoms with Crippen molar-refractivity contribution >= 4 is 27.7 Å². The maximum atomic E-state index is 14.3. The van der Waals surface area contributed by atoms with Gasteiger partial charge in [-0.05, 0) is 36.1 Å². The van der Waals surface area contributed by atoms with Crippen molar-refractivity contribution in [2.45, 2.75) is 11.0 Å². The summed E-state index contributed by atoms with van der Waals surface area (Å²) >= 11 is 4.65. The van der Waals surface area contributed by atoms with Crippen LogP contribution in [0.2, 0.25) is 0 Å². The van der Waals surface area contributed by atoms with Gasteiger partial charge in [-0.1, -0.05) is 28.1 Å². The first-order valence-electron chi connectivity index (χ1n) is 5.91. The van der Waals surface area contributed by atoms with Crippen LogP contribution in [-0.4, -0.2) is 18.5 Å². The fourth-order valence-electron chi connectivity index (χ4n) is 1.90. The van der Waals surface area contributed by atoms with Gasteiger partial charge in [-0.3, -0.25) is 0 Å². The molecule has 0 fully saturated rings. The molecule has 2 nitrogen and oxygen atoms in total. The molecule has 0 aliphatic carbocycles. The lowest BCUT2D eigenvalue weighted by Crippen LogP contribution is -2.04. The molecule has 0 radical (unpaired) electrons. The Morgan fingerprint density at radius 3 is 2.45 bits per heavy atom. The van der Waals surface area contributed by atoms with Gasteiger partial charge in [0.1, 0.15) is 17.7 Å². The lowest BCUT2D eigenvalue weighted by molar-refractivity contribution is 0.214. The highest BCUT2D eigenvalue weighted by atomic mass is 79.9. The van der Waals surface area contributed by atoms with E-state index < -0.39 is 6.10 Å².